The van der Waals surface area contributed by atoms with Crippen LogP contribution < -0.4 is 0 Å². The predicted octanol–water partition coefficient (Wildman–Crippen LogP) is 5.80. The molecule has 18 heavy (non-hydrogen) atoms. The number of aryl methyl sites for hydroxylation is 1. The van der Waals surface area contributed by atoms with E-state index in [0.717, 1.165) is 0 Å². The van der Waals surface area contributed by atoms with Crippen LogP contribution in [-0.4, -0.2) is 0 Å². The van der Waals surface area contributed by atoms with E-state index in [4.69, 9.17) is 0 Å². The lowest BCUT2D eigenvalue weighted by atomic mass is 9.90. The third kappa shape index (κ3) is 4.01. The summed E-state index contributed by atoms with van der Waals surface area (Å²) >= 11 is 0. The summed E-state index contributed by atoms with van der Waals surface area (Å²) in [5.41, 5.74) is 6.06. The Kier molecular flexibility index (Phi) is 6.78. The van der Waals surface area contributed by atoms with E-state index in [1.54, 1.807) is 11.1 Å². The van der Waals surface area contributed by atoms with Crippen LogP contribution in [0.15, 0.2) is 24.3 Å². The number of benzene rings is 1. The molecule has 0 unspecified atom stereocenters. The molecule has 0 saturated carbocycles. The zero-order valence-corrected chi connectivity index (χ0v) is 12.6. The van der Waals surface area contributed by atoms with Gasteiger partial charge in [0.05, 0.1) is 0 Å². The lowest BCUT2D eigenvalue weighted by molar-refractivity contribution is 0.757. The zero-order chi connectivity index (χ0) is 13.4. The van der Waals surface area contributed by atoms with Gasteiger partial charge in [-0.2, -0.15) is 0 Å². The summed E-state index contributed by atoms with van der Waals surface area (Å²) in [7, 11) is 0. The summed E-state index contributed by atoms with van der Waals surface area (Å²) in [6.45, 7) is 8.91. The zero-order valence-electron chi connectivity index (χ0n) is 12.6. The third-order valence-electron chi connectivity index (χ3n) is 3.71. The van der Waals surface area contributed by atoms with Crippen molar-refractivity contribution in [3.05, 3.63) is 41.0 Å². The van der Waals surface area contributed by atoms with E-state index in [0.29, 0.717) is 0 Å². The second-order valence-electron chi connectivity index (χ2n) is 5.12. The van der Waals surface area contributed by atoms with Gasteiger partial charge in [0.25, 0.3) is 0 Å². The molecule has 0 radical (unpaired) electrons. The lowest BCUT2D eigenvalue weighted by Crippen LogP contribution is -2.00. The van der Waals surface area contributed by atoms with Gasteiger partial charge in [-0.1, -0.05) is 51.0 Å². The third-order valence-corrected chi connectivity index (χ3v) is 3.71. The van der Waals surface area contributed by atoms with Crippen LogP contribution in [0.1, 0.15) is 70.1 Å². The summed E-state index contributed by atoms with van der Waals surface area (Å²) in [4.78, 5) is 0. The van der Waals surface area contributed by atoms with Crippen LogP contribution in [0.2, 0.25) is 0 Å². The molecule has 0 fully saturated rings. The average molecular weight is 244 g/mol. The first-order valence-corrected chi connectivity index (χ1v) is 7.48. The van der Waals surface area contributed by atoms with E-state index >= 15 is 0 Å². The van der Waals surface area contributed by atoms with Gasteiger partial charge < -0.3 is 0 Å². The Morgan fingerprint density at radius 2 is 1.72 bits per heavy atom. The predicted molar refractivity (Wildman–Crippen MR) is 83.0 cm³/mol. The van der Waals surface area contributed by atoms with Crippen molar-refractivity contribution in [2.24, 2.45) is 0 Å². The number of allylic oxidation sites excluding steroid dienone is 2. The van der Waals surface area contributed by atoms with Gasteiger partial charge in [0.2, 0.25) is 0 Å². The Morgan fingerprint density at radius 1 is 1.06 bits per heavy atom. The van der Waals surface area contributed by atoms with Crippen molar-refractivity contribution in [2.75, 3.05) is 0 Å². The monoisotopic (exact) mass is 244 g/mol. The molecule has 0 aromatic heterocycles. The molecule has 0 atom stereocenters. The van der Waals surface area contributed by atoms with Gasteiger partial charge in [-0.05, 0) is 61.8 Å². The Bertz CT molecular complexity index is 385. The molecule has 0 aliphatic heterocycles. The van der Waals surface area contributed by atoms with Crippen LogP contribution in [0, 0.1) is 0 Å². The quantitative estimate of drug-likeness (QED) is 0.569. The fraction of sp³-hybridized carbons (Fsp3) is 0.556. The Morgan fingerprint density at radius 3 is 2.33 bits per heavy atom. The lowest BCUT2D eigenvalue weighted by Gasteiger charge is -2.15. The van der Waals surface area contributed by atoms with Crippen LogP contribution in [0.3, 0.4) is 0 Å². The van der Waals surface area contributed by atoms with E-state index in [1.165, 1.54) is 49.7 Å². The highest BCUT2D eigenvalue weighted by Crippen LogP contribution is 2.25. The maximum Gasteiger partial charge on any atom is -0.0196 e. The van der Waals surface area contributed by atoms with Gasteiger partial charge in [0.15, 0.2) is 0 Å². The smallest absolute Gasteiger partial charge is 0.0196 e. The van der Waals surface area contributed by atoms with Gasteiger partial charge in [0, 0.05) is 0 Å². The molecule has 0 nitrogen and oxygen atoms in total. The maximum absolute atomic E-state index is 2.33. The van der Waals surface area contributed by atoms with Crippen LogP contribution >= 0.6 is 0 Å². The van der Waals surface area contributed by atoms with Gasteiger partial charge in [-0.3, -0.25) is 0 Å². The number of unbranched alkanes of at least 4 members (excludes halogenated alkanes) is 2. The van der Waals surface area contributed by atoms with Crippen LogP contribution in [-0.2, 0) is 12.8 Å². The van der Waals surface area contributed by atoms with Gasteiger partial charge in [-0.25, -0.2) is 0 Å². The highest BCUT2D eigenvalue weighted by atomic mass is 14.1. The normalized spacial score (nSPS) is 11.9. The molecule has 0 spiro atoms. The Hall–Kier alpha value is -1.04. The van der Waals surface area contributed by atoms with Gasteiger partial charge >= 0.3 is 0 Å². The van der Waals surface area contributed by atoms with E-state index in [1.807, 2.05) is 0 Å². The van der Waals surface area contributed by atoms with Crippen LogP contribution in [0.25, 0.3) is 5.57 Å². The molecule has 0 heterocycles. The molecular formula is C18H28. The van der Waals surface area contributed by atoms with Crippen LogP contribution in [0.4, 0.5) is 0 Å². The van der Waals surface area contributed by atoms with Crippen molar-refractivity contribution in [3.8, 4) is 0 Å². The summed E-state index contributed by atoms with van der Waals surface area (Å²) in [5.74, 6) is 0. The molecule has 1 aromatic carbocycles. The van der Waals surface area contributed by atoms with Crippen molar-refractivity contribution in [1.29, 1.82) is 0 Å². The highest BCUT2D eigenvalue weighted by molar-refractivity contribution is 5.67. The highest BCUT2D eigenvalue weighted by Gasteiger charge is 2.08. The minimum absolute atomic E-state index is 1.23. The van der Waals surface area contributed by atoms with Crippen molar-refractivity contribution in [1.82, 2.24) is 0 Å². The van der Waals surface area contributed by atoms with E-state index in [2.05, 4.69) is 52.0 Å². The second-order valence-corrected chi connectivity index (χ2v) is 5.12. The summed E-state index contributed by atoms with van der Waals surface area (Å²) in [5, 5.41) is 0. The summed E-state index contributed by atoms with van der Waals surface area (Å²) < 4.78 is 0. The summed E-state index contributed by atoms with van der Waals surface area (Å²) in [6.07, 6.45) is 9.85. The van der Waals surface area contributed by atoms with E-state index < -0.39 is 0 Å². The molecule has 0 aliphatic rings. The van der Waals surface area contributed by atoms with Gasteiger partial charge in [0.1, 0.15) is 0 Å². The van der Waals surface area contributed by atoms with Crippen molar-refractivity contribution in [3.63, 3.8) is 0 Å². The minimum atomic E-state index is 1.23. The van der Waals surface area contributed by atoms with Crippen LogP contribution in [0.5, 0.6) is 0 Å². The first kappa shape index (κ1) is 15.0. The molecule has 1 rings (SSSR count). The molecule has 0 amide bonds. The maximum atomic E-state index is 2.33. The number of hydrogen-bond donors (Lipinski definition) is 0. The minimum Gasteiger partial charge on any atom is -0.0841 e. The van der Waals surface area contributed by atoms with Gasteiger partial charge in [-0.15, -0.1) is 0 Å². The average Bonchev–Trinajstić information content (AvgIpc) is 2.42. The molecule has 1 aromatic rings. The first-order chi connectivity index (χ1) is 8.74. The second kappa shape index (κ2) is 8.13. The molecule has 0 aliphatic carbocycles. The number of rotatable bonds is 7. The summed E-state index contributed by atoms with van der Waals surface area (Å²) in [6, 6.07) is 6.84. The standard InChI is InChI=1S/C18H28/c1-5-8-11-16-12-10-14-17(15(4)7-3)18(16)13-9-6-2/h7,10,12,14H,5-6,8-9,11,13H2,1-4H3/b15-7-. The molecule has 0 saturated heterocycles. The molecule has 0 heteroatoms. The molecule has 100 valence electrons. The van der Waals surface area contributed by atoms with Crippen molar-refractivity contribution >= 4 is 5.57 Å². The van der Waals surface area contributed by atoms with E-state index in [9.17, 15) is 0 Å². The topological polar surface area (TPSA) is 0 Å². The molecular weight excluding hydrogens is 216 g/mol. The van der Waals surface area contributed by atoms with E-state index in [-0.39, 0.29) is 0 Å². The fourth-order valence-electron chi connectivity index (χ4n) is 2.41. The largest absolute Gasteiger partial charge is 0.0841 e. The number of hydrogen-bond acceptors (Lipinski definition) is 0. The first-order valence-electron chi connectivity index (χ1n) is 7.48. The molecule has 0 N–H and O–H groups in total. The molecule has 0 bridgehead atoms. The Balaban J connectivity index is 3.08. The van der Waals surface area contributed by atoms with Crippen molar-refractivity contribution < 1.29 is 0 Å². The fourth-order valence-corrected chi connectivity index (χ4v) is 2.41. The van der Waals surface area contributed by atoms with Crippen molar-refractivity contribution in [2.45, 2.75) is 66.2 Å². The Labute approximate surface area is 113 Å². The SMILES string of the molecule is C/C=C(/C)c1cccc(CCCC)c1CCCC.